The molecule has 5 rings (SSSR count). The Bertz CT molecular complexity index is 1240. The normalized spacial score (nSPS) is 28.7. The zero-order valence-electron chi connectivity index (χ0n) is 18.3. The molecule has 0 bridgehead atoms. The van der Waals surface area contributed by atoms with Crippen LogP contribution in [0.3, 0.4) is 0 Å². The Kier molecular flexibility index (Phi) is 5.73. The molecule has 13 heteroatoms. The van der Waals surface area contributed by atoms with E-state index in [4.69, 9.17) is 9.47 Å². The Hall–Kier alpha value is -3.55. The minimum absolute atomic E-state index is 0.0475. The van der Waals surface area contributed by atoms with Crippen LogP contribution in [0.5, 0.6) is 17.2 Å². The first-order valence-corrected chi connectivity index (χ1v) is 10.9. The van der Waals surface area contributed by atoms with E-state index in [0.717, 1.165) is 12.1 Å². The summed E-state index contributed by atoms with van der Waals surface area (Å²) < 4.78 is 49.6. The molecule has 0 radical (unpaired) electrons. The van der Waals surface area contributed by atoms with Gasteiger partial charge in [-0.3, -0.25) is 9.59 Å². The standard InChI is InChI=1S/C23H21F3N2O8/c24-23(25,26)9-3-1-2-8(4-9)21(33)27-6-11-13-10-5-12-20(36-7-35-12)17(30)14(10)22(34)28-15(13)18(31)19(32)16(11)29/h1-5,11,13,15-16,18-19,29-32H,6-7H2,(H,27,33)(H,28,34)/t11-,13+,15-,16+,18+,19?/m1/s1. The van der Waals surface area contributed by atoms with Crippen LogP contribution in [0.15, 0.2) is 30.3 Å². The van der Waals surface area contributed by atoms with Crippen LogP contribution in [-0.2, 0) is 6.18 Å². The van der Waals surface area contributed by atoms with E-state index in [9.17, 15) is 43.2 Å². The summed E-state index contributed by atoms with van der Waals surface area (Å²) in [5.74, 6) is -3.99. The lowest BCUT2D eigenvalue weighted by Gasteiger charge is -2.49. The lowest BCUT2D eigenvalue weighted by molar-refractivity contribution is -0.137. The molecule has 2 aromatic rings. The molecule has 2 heterocycles. The van der Waals surface area contributed by atoms with Gasteiger partial charge in [0.25, 0.3) is 11.8 Å². The number of ether oxygens (including phenoxy) is 2. The fraction of sp³-hybridized carbons (Fsp3) is 0.391. The number of hydrogen-bond donors (Lipinski definition) is 6. The quantitative estimate of drug-likeness (QED) is 0.348. The highest BCUT2D eigenvalue weighted by molar-refractivity contribution is 6.01. The first-order chi connectivity index (χ1) is 17.0. The van der Waals surface area contributed by atoms with Crippen molar-refractivity contribution in [3.63, 3.8) is 0 Å². The predicted molar refractivity (Wildman–Crippen MR) is 114 cm³/mol. The Morgan fingerprint density at radius 1 is 1.11 bits per heavy atom. The molecule has 1 fully saturated rings. The number of carbonyl (C=O) groups is 2. The maximum absolute atomic E-state index is 13.0. The lowest BCUT2D eigenvalue weighted by Crippen LogP contribution is -2.66. The van der Waals surface area contributed by atoms with Gasteiger partial charge in [0.1, 0.15) is 12.2 Å². The van der Waals surface area contributed by atoms with E-state index in [1.807, 2.05) is 0 Å². The Labute approximate surface area is 201 Å². The van der Waals surface area contributed by atoms with Gasteiger partial charge < -0.3 is 40.5 Å². The molecule has 36 heavy (non-hydrogen) atoms. The Morgan fingerprint density at radius 2 is 1.86 bits per heavy atom. The molecule has 6 atom stereocenters. The number of alkyl halides is 3. The molecular weight excluding hydrogens is 489 g/mol. The highest BCUT2D eigenvalue weighted by Gasteiger charge is 2.54. The molecule has 0 saturated heterocycles. The van der Waals surface area contributed by atoms with Crippen molar-refractivity contribution in [2.45, 2.75) is 36.4 Å². The van der Waals surface area contributed by atoms with E-state index >= 15 is 0 Å². The van der Waals surface area contributed by atoms with Crippen molar-refractivity contribution in [1.29, 1.82) is 0 Å². The molecule has 1 saturated carbocycles. The van der Waals surface area contributed by atoms with Gasteiger partial charge >= 0.3 is 6.18 Å². The van der Waals surface area contributed by atoms with Gasteiger partial charge in [-0.05, 0) is 29.8 Å². The minimum Gasteiger partial charge on any atom is -0.504 e. The van der Waals surface area contributed by atoms with E-state index in [2.05, 4.69) is 10.6 Å². The monoisotopic (exact) mass is 510 g/mol. The van der Waals surface area contributed by atoms with Crippen LogP contribution in [0, 0.1) is 5.92 Å². The number of phenolic OH excluding ortho intramolecular Hbond substituents is 1. The smallest absolute Gasteiger partial charge is 0.416 e. The summed E-state index contributed by atoms with van der Waals surface area (Å²) in [7, 11) is 0. The first kappa shape index (κ1) is 24.2. The second-order valence-electron chi connectivity index (χ2n) is 8.87. The van der Waals surface area contributed by atoms with E-state index < -0.39 is 65.5 Å². The van der Waals surface area contributed by atoms with Crippen LogP contribution in [0.4, 0.5) is 13.2 Å². The number of amides is 2. The highest BCUT2D eigenvalue weighted by Crippen LogP contribution is 2.51. The zero-order valence-corrected chi connectivity index (χ0v) is 18.3. The summed E-state index contributed by atoms with van der Waals surface area (Å²) in [6.45, 7) is -0.548. The van der Waals surface area contributed by atoms with Gasteiger partial charge in [0.2, 0.25) is 12.5 Å². The molecule has 2 amide bonds. The number of phenols is 1. The number of carbonyl (C=O) groups excluding carboxylic acids is 2. The number of aromatic hydroxyl groups is 1. The average molecular weight is 510 g/mol. The molecular formula is C23H21F3N2O8. The molecule has 2 aromatic carbocycles. The summed E-state index contributed by atoms with van der Waals surface area (Å²) >= 11 is 0. The van der Waals surface area contributed by atoms with Crippen molar-refractivity contribution in [3.05, 3.63) is 52.6 Å². The van der Waals surface area contributed by atoms with Crippen molar-refractivity contribution < 1.29 is 52.7 Å². The lowest BCUT2D eigenvalue weighted by atomic mass is 9.65. The topological polar surface area (TPSA) is 158 Å². The summed E-state index contributed by atoms with van der Waals surface area (Å²) in [5, 5.41) is 47.4. The van der Waals surface area contributed by atoms with Crippen LogP contribution in [-0.4, -0.2) is 69.9 Å². The highest BCUT2D eigenvalue weighted by atomic mass is 19.4. The third-order valence-corrected chi connectivity index (χ3v) is 6.86. The first-order valence-electron chi connectivity index (χ1n) is 10.9. The maximum atomic E-state index is 13.0. The number of hydrogen-bond acceptors (Lipinski definition) is 8. The fourth-order valence-corrected chi connectivity index (χ4v) is 5.12. The molecule has 1 aliphatic carbocycles. The molecule has 2 aliphatic heterocycles. The van der Waals surface area contributed by atoms with Crippen molar-refractivity contribution in [2.75, 3.05) is 13.3 Å². The van der Waals surface area contributed by atoms with Crippen molar-refractivity contribution in [1.82, 2.24) is 10.6 Å². The van der Waals surface area contributed by atoms with Crippen molar-refractivity contribution in [2.24, 2.45) is 5.92 Å². The van der Waals surface area contributed by atoms with Crippen LogP contribution in [0.1, 0.15) is 37.8 Å². The van der Waals surface area contributed by atoms with Gasteiger partial charge in [-0.25, -0.2) is 0 Å². The van der Waals surface area contributed by atoms with Crippen LogP contribution >= 0.6 is 0 Å². The average Bonchev–Trinajstić information content (AvgIpc) is 3.31. The van der Waals surface area contributed by atoms with Gasteiger partial charge in [0.15, 0.2) is 11.5 Å². The second-order valence-corrected chi connectivity index (χ2v) is 8.87. The summed E-state index contributed by atoms with van der Waals surface area (Å²) in [6, 6.07) is 4.09. The van der Waals surface area contributed by atoms with Gasteiger partial charge in [-0.2, -0.15) is 13.2 Å². The predicted octanol–water partition coefficient (Wildman–Crippen LogP) is 0.478. The number of halogens is 3. The van der Waals surface area contributed by atoms with Gasteiger partial charge in [0.05, 0.1) is 23.3 Å². The van der Waals surface area contributed by atoms with Gasteiger partial charge in [0, 0.05) is 23.9 Å². The maximum Gasteiger partial charge on any atom is 0.416 e. The van der Waals surface area contributed by atoms with E-state index in [1.165, 1.54) is 12.1 Å². The van der Waals surface area contributed by atoms with Gasteiger partial charge in [-0.1, -0.05) is 6.07 Å². The molecule has 192 valence electrons. The Morgan fingerprint density at radius 3 is 2.58 bits per heavy atom. The number of nitrogens with one attached hydrogen (secondary N) is 2. The van der Waals surface area contributed by atoms with E-state index in [-0.39, 0.29) is 41.5 Å². The number of benzene rings is 2. The molecule has 10 nitrogen and oxygen atoms in total. The largest absolute Gasteiger partial charge is 0.504 e. The minimum atomic E-state index is -4.65. The van der Waals surface area contributed by atoms with Gasteiger partial charge in [-0.15, -0.1) is 0 Å². The molecule has 1 unspecified atom stereocenters. The molecule has 0 spiro atoms. The number of rotatable bonds is 3. The van der Waals surface area contributed by atoms with Crippen LogP contribution in [0.25, 0.3) is 0 Å². The molecule has 6 N–H and O–H groups in total. The Balaban J connectivity index is 1.48. The number of aliphatic hydroxyl groups excluding tert-OH is 3. The van der Waals surface area contributed by atoms with E-state index in [1.54, 1.807) is 0 Å². The van der Waals surface area contributed by atoms with Crippen molar-refractivity contribution >= 4 is 11.8 Å². The third kappa shape index (κ3) is 3.79. The fourth-order valence-electron chi connectivity index (χ4n) is 5.12. The number of fused-ring (bicyclic) bond motifs is 4. The molecule has 0 aromatic heterocycles. The summed E-state index contributed by atoms with van der Waals surface area (Å²) in [6.07, 6.45) is -9.55. The molecule has 3 aliphatic rings. The summed E-state index contributed by atoms with van der Waals surface area (Å²) in [4.78, 5) is 25.4. The SMILES string of the molecule is O=C(NC[C@@H]1[C@@H]2c3cc4c(c(O)c3C(=O)N[C@H]2[C@H](O)C(O)[C@H]1O)OCO4)c1cccc(C(F)(F)F)c1. The third-order valence-electron chi connectivity index (χ3n) is 6.86. The van der Waals surface area contributed by atoms with Crippen molar-refractivity contribution in [3.8, 4) is 17.2 Å². The van der Waals surface area contributed by atoms with Crippen LogP contribution in [0.2, 0.25) is 0 Å². The number of aliphatic hydroxyl groups is 3. The second kappa shape index (κ2) is 8.54. The summed E-state index contributed by atoms with van der Waals surface area (Å²) in [5.41, 5.74) is -1.27. The zero-order chi connectivity index (χ0) is 25.9. The van der Waals surface area contributed by atoms with Crippen LogP contribution < -0.4 is 20.1 Å². The van der Waals surface area contributed by atoms with E-state index in [0.29, 0.717) is 6.07 Å².